The summed E-state index contributed by atoms with van der Waals surface area (Å²) in [5.41, 5.74) is 4.52. The molecule has 3 rings (SSSR count). The number of aryl methyl sites for hydroxylation is 1. The highest BCUT2D eigenvalue weighted by Gasteiger charge is 2.18. The third-order valence-corrected chi connectivity index (χ3v) is 3.78. The summed E-state index contributed by atoms with van der Waals surface area (Å²) in [6.07, 6.45) is 5.58. The highest BCUT2D eigenvalue weighted by Crippen LogP contribution is 2.33. The van der Waals surface area contributed by atoms with Crippen LogP contribution in [0.5, 0.6) is 0 Å². The van der Waals surface area contributed by atoms with Crippen molar-refractivity contribution >= 4 is 16.6 Å². The number of halogens is 1. The smallest absolute Gasteiger partial charge is 0.124 e. The van der Waals surface area contributed by atoms with E-state index < -0.39 is 0 Å². The molecule has 0 radical (unpaired) electrons. The van der Waals surface area contributed by atoms with Gasteiger partial charge in [0.15, 0.2) is 0 Å². The van der Waals surface area contributed by atoms with E-state index in [-0.39, 0.29) is 5.82 Å². The first-order valence-corrected chi connectivity index (χ1v) is 7.14. The van der Waals surface area contributed by atoms with E-state index in [1.54, 1.807) is 12.1 Å². The van der Waals surface area contributed by atoms with E-state index in [1.807, 2.05) is 0 Å². The minimum atomic E-state index is -0.190. The van der Waals surface area contributed by atoms with E-state index in [0.29, 0.717) is 0 Å². The maximum atomic E-state index is 13.5. The number of nitrogens with zero attached hydrogens (tertiary/aromatic N) is 1. The van der Waals surface area contributed by atoms with Crippen LogP contribution in [0.3, 0.4) is 0 Å². The van der Waals surface area contributed by atoms with Crippen LogP contribution < -0.4 is 5.32 Å². The Kier molecular flexibility index (Phi) is 3.36. The van der Waals surface area contributed by atoms with E-state index in [4.69, 9.17) is 4.98 Å². The molecule has 1 N–H and O–H groups in total. The van der Waals surface area contributed by atoms with Gasteiger partial charge in [-0.1, -0.05) is 6.92 Å². The fourth-order valence-corrected chi connectivity index (χ4v) is 2.85. The number of anilines is 1. The highest BCUT2D eigenvalue weighted by atomic mass is 19.1. The van der Waals surface area contributed by atoms with Crippen molar-refractivity contribution in [3.05, 3.63) is 35.3 Å². The van der Waals surface area contributed by atoms with Crippen molar-refractivity contribution in [2.24, 2.45) is 0 Å². The molecule has 0 fully saturated rings. The maximum absolute atomic E-state index is 13.5. The number of hydrogen-bond donors (Lipinski definition) is 1. The van der Waals surface area contributed by atoms with Gasteiger partial charge in [-0.3, -0.25) is 4.98 Å². The lowest BCUT2D eigenvalue weighted by atomic mass is 9.92. The molecule has 0 saturated heterocycles. The summed E-state index contributed by atoms with van der Waals surface area (Å²) in [6, 6.07) is 4.89. The number of aromatic nitrogens is 1. The standard InChI is InChI=1S/C16H19FN2/c1-2-9-18-16-12-5-3-4-6-14(12)19-15-8-7-11(17)10-13(15)16/h7-8,10H,2-6,9H2,1H3,(H,18,19). The van der Waals surface area contributed by atoms with Crippen LogP contribution >= 0.6 is 0 Å². The molecule has 0 saturated carbocycles. The van der Waals surface area contributed by atoms with Crippen LogP contribution in [-0.2, 0) is 12.8 Å². The van der Waals surface area contributed by atoms with Crippen molar-refractivity contribution < 1.29 is 4.39 Å². The number of pyridine rings is 1. The van der Waals surface area contributed by atoms with Gasteiger partial charge < -0.3 is 5.32 Å². The zero-order valence-corrected chi connectivity index (χ0v) is 11.3. The monoisotopic (exact) mass is 258 g/mol. The Morgan fingerprint density at radius 1 is 1.26 bits per heavy atom. The third-order valence-electron chi connectivity index (χ3n) is 3.78. The summed E-state index contributed by atoms with van der Waals surface area (Å²) >= 11 is 0. The Morgan fingerprint density at radius 3 is 2.95 bits per heavy atom. The number of benzene rings is 1. The molecule has 1 aliphatic rings. The lowest BCUT2D eigenvalue weighted by molar-refractivity contribution is 0.629. The Morgan fingerprint density at radius 2 is 2.11 bits per heavy atom. The van der Waals surface area contributed by atoms with Crippen molar-refractivity contribution in [1.82, 2.24) is 4.98 Å². The van der Waals surface area contributed by atoms with E-state index in [1.165, 1.54) is 30.2 Å². The van der Waals surface area contributed by atoms with Gasteiger partial charge in [0.1, 0.15) is 5.82 Å². The van der Waals surface area contributed by atoms with Crippen LogP contribution in [0, 0.1) is 5.82 Å². The largest absolute Gasteiger partial charge is 0.384 e. The lowest BCUT2D eigenvalue weighted by Crippen LogP contribution is -2.12. The van der Waals surface area contributed by atoms with Crippen molar-refractivity contribution in [2.45, 2.75) is 39.0 Å². The summed E-state index contributed by atoms with van der Waals surface area (Å²) < 4.78 is 13.5. The number of fused-ring (bicyclic) bond motifs is 2. The van der Waals surface area contributed by atoms with Crippen LogP contribution in [0.15, 0.2) is 18.2 Å². The molecule has 100 valence electrons. The van der Waals surface area contributed by atoms with Crippen LogP contribution in [0.25, 0.3) is 10.9 Å². The summed E-state index contributed by atoms with van der Waals surface area (Å²) in [4.78, 5) is 4.72. The van der Waals surface area contributed by atoms with Gasteiger partial charge in [0.25, 0.3) is 0 Å². The van der Waals surface area contributed by atoms with Crippen LogP contribution in [-0.4, -0.2) is 11.5 Å². The molecule has 0 amide bonds. The predicted octanol–water partition coefficient (Wildman–Crippen LogP) is 4.07. The summed E-state index contributed by atoms with van der Waals surface area (Å²) in [7, 11) is 0. The molecule has 1 heterocycles. The Labute approximate surface area is 113 Å². The number of rotatable bonds is 3. The zero-order chi connectivity index (χ0) is 13.2. The molecule has 0 spiro atoms. The van der Waals surface area contributed by atoms with Gasteiger partial charge in [-0.15, -0.1) is 0 Å². The van der Waals surface area contributed by atoms with E-state index in [2.05, 4.69) is 12.2 Å². The molecule has 0 unspecified atom stereocenters. The zero-order valence-electron chi connectivity index (χ0n) is 11.3. The van der Waals surface area contributed by atoms with Crippen LogP contribution in [0.1, 0.15) is 37.4 Å². The Balaban J connectivity index is 2.21. The minimum Gasteiger partial charge on any atom is -0.384 e. The van der Waals surface area contributed by atoms with Crippen molar-refractivity contribution in [3.63, 3.8) is 0 Å². The molecule has 0 bridgehead atoms. The molecule has 1 aliphatic carbocycles. The minimum absolute atomic E-state index is 0.190. The Bertz CT molecular complexity index is 607. The third kappa shape index (κ3) is 2.29. The topological polar surface area (TPSA) is 24.9 Å². The summed E-state index contributed by atoms with van der Waals surface area (Å²) in [5.74, 6) is -0.190. The van der Waals surface area contributed by atoms with Gasteiger partial charge in [0.2, 0.25) is 0 Å². The second-order valence-corrected chi connectivity index (χ2v) is 5.21. The van der Waals surface area contributed by atoms with Crippen molar-refractivity contribution in [2.75, 3.05) is 11.9 Å². The van der Waals surface area contributed by atoms with Gasteiger partial charge >= 0.3 is 0 Å². The highest BCUT2D eigenvalue weighted by molar-refractivity contribution is 5.93. The number of hydrogen-bond acceptors (Lipinski definition) is 2. The average Bonchev–Trinajstić information content (AvgIpc) is 2.44. The first kappa shape index (κ1) is 12.4. The van der Waals surface area contributed by atoms with Gasteiger partial charge in [-0.25, -0.2) is 4.39 Å². The average molecular weight is 258 g/mol. The fourth-order valence-electron chi connectivity index (χ4n) is 2.85. The molecule has 3 heteroatoms. The summed E-state index contributed by atoms with van der Waals surface area (Å²) in [6.45, 7) is 3.06. The molecule has 2 nitrogen and oxygen atoms in total. The molecular formula is C16H19FN2. The normalized spacial score (nSPS) is 14.4. The fraction of sp³-hybridized carbons (Fsp3) is 0.438. The van der Waals surface area contributed by atoms with E-state index in [9.17, 15) is 4.39 Å². The Hall–Kier alpha value is -1.64. The van der Waals surface area contributed by atoms with Gasteiger partial charge in [-0.05, 0) is 55.9 Å². The second kappa shape index (κ2) is 5.16. The van der Waals surface area contributed by atoms with E-state index in [0.717, 1.165) is 42.4 Å². The van der Waals surface area contributed by atoms with Gasteiger partial charge in [0.05, 0.1) is 5.52 Å². The number of nitrogens with one attached hydrogen (secondary N) is 1. The van der Waals surface area contributed by atoms with Crippen molar-refractivity contribution in [1.29, 1.82) is 0 Å². The van der Waals surface area contributed by atoms with Gasteiger partial charge in [0, 0.05) is 23.3 Å². The van der Waals surface area contributed by atoms with Crippen LogP contribution in [0.4, 0.5) is 10.1 Å². The predicted molar refractivity (Wildman–Crippen MR) is 77.1 cm³/mol. The quantitative estimate of drug-likeness (QED) is 0.897. The molecule has 2 aromatic rings. The van der Waals surface area contributed by atoms with Crippen molar-refractivity contribution in [3.8, 4) is 0 Å². The maximum Gasteiger partial charge on any atom is 0.124 e. The molecule has 1 aromatic heterocycles. The lowest BCUT2D eigenvalue weighted by Gasteiger charge is -2.21. The van der Waals surface area contributed by atoms with Gasteiger partial charge in [-0.2, -0.15) is 0 Å². The molecule has 0 aliphatic heterocycles. The first-order valence-electron chi connectivity index (χ1n) is 7.14. The van der Waals surface area contributed by atoms with Crippen LogP contribution in [0.2, 0.25) is 0 Å². The van der Waals surface area contributed by atoms with E-state index >= 15 is 0 Å². The molecule has 1 aromatic carbocycles. The molecule has 19 heavy (non-hydrogen) atoms. The first-order chi connectivity index (χ1) is 9.29. The molecule has 0 atom stereocenters. The summed E-state index contributed by atoms with van der Waals surface area (Å²) in [5, 5.41) is 4.41. The SMILES string of the molecule is CCCNc1c2c(nc3ccc(F)cc13)CCCC2. The second-order valence-electron chi connectivity index (χ2n) is 5.21. The molecular weight excluding hydrogens is 239 g/mol.